The number of hydrogen-bond donors (Lipinski definition) is 0. The molecule has 104 valence electrons. The van der Waals surface area contributed by atoms with Crippen molar-refractivity contribution in [1.82, 2.24) is 4.98 Å². The Bertz CT molecular complexity index is 833. The second kappa shape index (κ2) is 5.45. The molecule has 3 aromatic carbocycles. The van der Waals surface area contributed by atoms with Crippen molar-refractivity contribution in [2.24, 2.45) is 0 Å². The summed E-state index contributed by atoms with van der Waals surface area (Å²) in [5.74, 6) is 0. The highest BCUT2D eigenvalue weighted by Crippen LogP contribution is 2.28. The Morgan fingerprint density at radius 3 is 1.59 bits per heavy atom. The number of nitrogens with zero attached hydrogens (tertiary/aromatic N) is 1. The second-order valence-electron chi connectivity index (χ2n) is 5.38. The van der Waals surface area contributed by atoms with E-state index in [0.29, 0.717) is 0 Å². The lowest BCUT2D eigenvalue weighted by molar-refractivity contribution is 1.33. The Labute approximate surface area is 129 Å². The van der Waals surface area contributed by atoms with Gasteiger partial charge in [-0.25, -0.2) is 0 Å². The summed E-state index contributed by atoms with van der Waals surface area (Å²) in [7, 11) is 0. The Kier molecular flexibility index (Phi) is 3.17. The fraction of sp³-hybridized carbons (Fsp3) is 0. The molecule has 0 bridgehead atoms. The maximum atomic E-state index is 4.08. The molecule has 0 saturated carbocycles. The molecule has 0 aliphatic carbocycles. The van der Waals surface area contributed by atoms with Crippen LogP contribution < -0.4 is 0 Å². The standard InChI is InChI=1S/C21H15N/c1-2-4-16(5-3-1)18-6-8-21-15-19(7-9-20(21)14-18)17-10-12-22-13-11-17/h1-15H. The van der Waals surface area contributed by atoms with Crippen LogP contribution in [0, 0.1) is 0 Å². The van der Waals surface area contributed by atoms with E-state index in [1.54, 1.807) is 0 Å². The molecule has 0 amide bonds. The van der Waals surface area contributed by atoms with Gasteiger partial charge in [0.1, 0.15) is 0 Å². The van der Waals surface area contributed by atoms with Gasteiger partial charge in [0.05, 0.1) is 0 Å². The van der Waals surface area contributed by atoms with Gasteiger partial charge in [0.15, 0.2) is 0 Å². The lowest BCUT2D eigenvalue weighted by Gasteiger charge is -2.07. The molecule has 22 heavy (non-hydrogen) atoms. The molecule has 0 fully saturated rings. The molecule has 4 rings (SSSR count). The summed E-state index contributed by atoms with van der Waals surface area (Å²) < 4.78 is 0. The minimum absolute atomic E-state index is 1.20. The van der Waals surface area contributed by atoms with Crippen molar-refractivity contribution >= 4 is 10.8 Å². The zero-order valence-corrected chi connectivity index (χ0v) is 12.1. The van der Waals surface area contributed by atoms with E-state index < -0.39 is 0 Å². The molecule has 1 nitrogen and oxygen atoms in total. The molecule has 1 heterocycles. The summed E-state index contributed by atoms with van der Waals surface area (Å²) in [6.45, 7) is 0. The first-order valence-corrected chi connectivity index (χ1v) is 7.40. The molecule has 0 atom stereocenters. The first-order valence-electron chi connectivity index (χ1n) is 7.40. The highest BCUT2D eigenvalue weighted by atomic mass is 14.6. The van der Waals surface area contributed by atoms with Gasteiger partial charge in [-0.1, -0.05) is 54.6 Å². The van der Waals surface area contributed by atoms with E-state index in [1.807, 2.05) is 30.6 Å². The molecule has 0 radical (unpaired) electrons. The van der Waals surface area contributed by atoms with E-state index in [4.69, 9.17) is 0 Å². The second-order valence-corrected chi connectivity index (χ2v) is 5.38. The normalized spacial score (nSPS) is 10.7. The molecule has 0 aliphatic rings. The van der Waals surface area contributed by atoms with Crippen LogP contribution in [0.25, 0.3) is 33.0 Å². The monoisotopic (exact) mass is 281 g/mol. The lowest BCUT2D eigenvalue weighted by Crippen LogP contribution is -1.82. The van der Waals surface area contributed by atoms with Crippen molar-refractivity contribution < 1.29 is 0 Å². The van der Waals surface area contributed by atoms with Crippen molar-refractivity contribution in [3.8, 4) is 22.3 Å². The van der Waals surface area contributed by atoms with Crippen LogP contribution >= 0.6 is 0 Å². The van der Waals surface area contributed by atoms with Crippen molar-refractivity contribution in [2.45, 2.75) is 0 Å². The lowest BCUT2D eigenvalue weighted by atomic mass is 9.98. The Balaban J connectivity index is 1.80. The average Bonchev–Trinajstić information content (AvgIpc) is 2.62. The van der Waals surface area contributed by atoms with Crippen LogP contribution in [0.3, 0.4) is 0 Å². The predicted octanol–water partition coefficient (Wildman–Crippen LogP) is 5.57. The maximum Gasteiger partial charge on any atom is 0.0273 e. The highest BCUT2D eigenvalue weighted by Gasteiger charge is 2.02. The summed E-state index contributed by atoms with van der Waals surface area (Å²) in [4.78, 5) is 4.08. The van der Waals surface area contributed by atoms with E-state index in [0.717, 1.165) is 0 Å². The van der Waals surface area contributed by atoms with Crippen LogP contribution in [0.4, 0.5) is 0 Å². The van der Waals surface area contributed by atoms with Crippen LogP contribution in [0.5, 0.6) is 0 Å². The van der Waals surface area contributed by atoms with Crippen molar-refractivity contribution in [1.29, 1.82) is 0 Å². The van der Waals surface area contributed by atoms with E-state index >= 15 is 0 Å². The summed E-state index contributed by atoms with van der Waals surface area (Å²) in [5.41, 5.74) is 4.93. The first-order chi connectivity index (χ1) is 10.9. The number of fused-ring (bicyclic) bond motifs is 1. The SMILES string of the molecule is c1ccc(-c2ccc3cc(-c4ccncc4)ccc3c2)cc1. The van der Waals surface area contributed by atoms with Crippen LogP contribution in [-0.2, 0) is 0 Å². The third kappa shape index (κ3) is 2.38. The number of rotatable bonds is 2. The van der Waals surface area contributed by atoms with Crippen LogP contribution in [0.1, 0.15) is 0 Å². The first kappa shape index (κ1) is 12.8. The third-order valence-electron chi connectivity index (χ3n) is 3.96. The van der Waals surface area contributed by atoms with Gasteiger partial charge < -0.3 is 0 Å². The smallest absolute Gasteiger partial charge is 0.0273 e. The summed E-state index contributed by atoms with van der Waals surface area (Å²) in [6, 6.07) is 27.8. The average molecular weight is 281 g/mol. The van der Waals surface area contributed by atoms with E-state index in [-0.39, 0.29) is 0 Å². The molecule has 0 unspecified atom stereocenters. The van der Waals surface area contributed by atoms with Gasteiger partial charge in [0, 0.05) is 12.4 Å². The molecular weight excluding hydrogens is 266 g/mol. The van der Waals surface area contributed by atoms with Gasteiger partial charge in [0.2, 0.25) is 0 Å². The fourth-order valence-electron chi connectivity index (χ4n) is 2.78. The number of aromatic nitrogens is 1. The Morgan fingerprint density at radius 2 is 1.00 bits per heavy atom. The fourth-order valence-corrected chi connectivity index (χ4v) is 2.78. The van der Waals surface area contributed by atoms with Crippen molar-refractivity contribution in [3.05, 3.63) is 91.3 Å². The quantitative estimate of drug-likeness (QED) is 0.468. The van der Waals surface area contributed by atoms with Gasteiger partial charge in [-0.2, -0.15) is 0 Å². The van der Waals surface area contributed by atoms with E-state index in [9.17, 15) is 0 Å². The van der Waals surface area contributed by atoms with E-state index in [2.05, 4.69) is 65.6 Å². The molecular formula is C21H15N. The molecule has 1 heteroatoms. The van der Waals surface area contributed by atoms with Gasteiger partial charge in [-0.05, 0) is 57.3 Å². The largest absolute Gasteiger partial charge is 0.265 e. The third-order valence-corrected chi connectivity index (χ3v) is 3.96. The molecule has 0 saturated heterocycles. The predicted molar refractivity (Wildman–Crippen MR) is 92.6 cm³/mol. The van der Waals surface area contributed by atoms with Crippen LogP contribution in [0.2, 0.25) is 0 Å². The van der Waals surface area contributed by atoms with Gasteiger partial charge >= 0.3 is 0 Å². The Morgan fingerprint density at radius 1 is 0.455 bits per heavy atom. The minimum Gasteiger partial charge on any atom is -0.265 e. The summed E-state index contributed by atoms with van der Waals surface area (Å²) in [6.07, 6.45) is 3.66. The number of benzene rings is 3. The Hall–Kier alpha value is -2.93. The molecule has 0 N–H and O–H groups in total. The molecule has 0 spiro atoms. The number of pyridine rings is 1. The van der Waals surface area contributed by atoms with Crippen molar-refractivity contribution in [3.63, 3.8) is 0 Å². The van der Waals surface area contributed by atoms with Crippen LogP contribution in [-0.4, -0.2) is 4.98 Å². The zero-order chi connectivity index (χ0) is 14.8. The highest BCUT2D eigenvalue weighted by molar-refractivity contribution is 5.90. The van der Waals surface area contributed by atoms with Gasteiger partial charge in [0.25, 0.3) is 0 Å². The van der Waals surface area contributed by atoms with Crippen molar-refractivity contribution in [2.75, 3.05) is 0 Å². The summed E-state index contributed by atoms with van der Waals surface area (Å²) in [5, 5.41) is 2.52. The van der Waals surface area contributed by atoms with Gasteiger partial charge in [-0.15, -0.1) is 0 Å². The molecule has 4 aromatic rings. The van der Waals surface area contributed by atoms with Gasteiger partial charge in [-0.3, -0.25) is 4.98 Å². The zero-order valence-electron chi connectivity index (χ0n) is 12.1. The number of hydrogen-bond acceptors (Lipinski definition) is 1. The molecule has 1 aromatic heterocycles. The summed E-state index contributed by atoms with van der Waals surface area (Å²) >= 11 is 0. The maximum absolute atomic E-state index is 4.08. The molecule has 0 aliphatic heterocycles. The van der Waals surface area contributed by atoms with Crippen LogP contribution in [0.15, 0.2) is 91.3 Å². The topological polar surface area (TPSA) is 12.9 Å². The minimum atomic E-state index is 1.20. The van der Waals surface area contributed by atoms with E-state index in [1.165, 1.54) is 33.0 Å².